The van der Waals surface area contributed by atoms with Crippen molar-refractivity contribution in [3.8, 4) is 0 Å². The average Bonchev–Trinajstić information content (AvgIpc) is 2.70. The number of hydrogen-bond acceptors (Lipinski definition) is 6. The van der Waals surface area contributed by atoms with Crippen molar-refractivity contribution in [3.05, 3.63) is 54.5 Å². The molecule has 26 heavy (non-hydrogen) atoms. The first-order valence-corrected chi connectivity index (χ1v) is 8.93. The molecule has 0 radical (unpaired) electrons. The lowest BCUT2D eigenvalue weighted by atomic mass is 9.98. The number of ether oxygens (including phenoxy) is 1. The maximum Gasteiger partial charge on any atom is 0.338 e. The van der Waals surface area contributed by atoms with Gasteiger partial charge in [-0.05, 0) is 62.1 Å². The molecule has 0 bridgehead atoms. The molecule has 1 aliphatic rings. The molecule has 132 valence electrons. The summed E-state index contributed by atoms with van der Waals surface area (Å²) in [5.41, 5.74) is 2.04. The van der Waals surface area contributed by atoms with E-state index in [9.17, 15) is 4.79 Å². The van der Waals surface area contributed by atoms with Gasteiger partial charge in [-0.2, -0.15) is 0 Å². The summed E-state index contributed by atoms with van der Waals surface area (Å²) in [6.45, 7) is 0. The third kappa shape index (κ3) is 3.64. The fourth-order valence-electron chi connectivity index (χ4n) is 3.22. The van der Waals surface area contributed by atoms with Gasteiger partial charge in [-0.15, -0.1) is 0 Å². The van der Waals surface area contributed by atoms with Gasteiger partial charge in [0.2, 0.25) is 0 Å². The predicted octanol–water partition coefficient (Wildman–Crippen LogP) is 4.26. The molecule has 0 atom stereocenters. The number of carbonyl (C=O) groups is 1. The highest BCUT2D eigenvalue weighted by molar-refractivity contribution is 5.91. The van der Waals surface area contributed by atoms with Crippen LogP contribution in [-0.2, 0) is 4.74 Å². The van der Waals surface area contributed by atoms with Gasteiger partial charge in [-0.1, -0.05) is 6.42 Å². The lowest BCUT2D eigenvalue weighted by Gasteiger charge is -2.21. The molecule has 0 amide bonds. The number of anilines is 2. The van der Waals surface area contributed by atoms with Crippen LogP contribution in [0.4, 0.5) is 11.5 Å². The van der Waals surface area contributed by atoms with E-state index >= 15 is 0 Å². The van der Waals surface area contributed by atoms with Gasteiger partial charge in [0, 0.05) is 11.9 Å². The topological polar surface area (TPSA) is 77.0 Å². The average molecular weight is 348 g/mol. The first-order valence-electron chi connectivity index (χ1n) is 8.93. The van der Waals surface area contributed by atoms with Crippen LogP contribution in [0.3, 0.4) is 0 Å². The molecule has 1 aliphatic carbocycles. The zero-order valence-corrected chi connectivity index (χ0v) is 14.4. The van der Waals surface area contributed by atoms with Gasteiger partial charge in [0.1, 0.15) is 18.2 Å². The number of fused-ring (bicyclic) bond motifs is 1. The van der Waals surface area contributed by atoms with Gasteiger partial charge in [0.15, 0.2) is 5.65 Å². The quantitative estimate of drug-likeness (QED) is 0.710. The predicted molar refractivity (Wildman–Crippen MR) is 99.3 cm³/mol. The number of pyridine rings is 1. The van der Waals surface area contributed by atoms with Gasteiger partial charge in [0.25, 0.3) is 0 Å². The molecule has 2 aromatic heterocycles. The van der Waals surface area contributed by atoms with Crippen molar-refractivity contribution in [1.29, 1.82) is 0 Å². The molecule has 0 aliphatic heterocycles. The number of aromatic nitrogens is 3. The van der Waals surface area contributed by atoms with Gasteiger partial charge in [-0.25, -0.2) is 19.7 Å². The summed E-state index contributed by atoms with van der Waals surface area (Å²) < 4.78 is 5.60. The number of esters is 1. The second-order valence-electron chi connectivity index (χ2n) is 6.46. The molecule has 3 aromatic rings. The van der Waals surface area contributed by atoms with Crippen LogP contribution in [0, 0.1) is 0 Å². The Bertz CT molecular complexity index is 900. The minimum atomic E-state index is -0.250. The van der Waals surface area contributed by atoms with Gasteiger partial charge >= 0.3 is 5.97 Å². The molecule has 6 nitrogen and oxygen atoms in total. The molecular formula is C20H20N4O2. The highest BCUT2D eigenvalue weighted by atomic mass is 16.5. The fraction of sp³-hybridized carbons (Fsp3) is 0.300. The lowest BCUT2D eigenvalue weighted by molar-refractivity contribution is 0.0211. The van der Waals surface area contributed by atoms with Crippen molar-refractivity contribution in [2.75, 3.05) is 5.32 Å². The molecule has 6 heteroatoms. The van der Waals surface area contributed by atoms with Gasteiger partial charge < -0.3 is 10.1 Å². The maximum absolute atomic E-state index is 12.3. The van der Waals surface area contributed by atoms with Crippen molar-refractivity contribution in [3.63, 3.8) is 0 Å². The Morgan fingerprint density at radius 1 is 1.00 bits per heavy atom. The highest BCUT2D eigenvalue weighted by Crippen LogP contribution is 2.23. The second kappa shape index (κ2) is 7.47. The maximum atomic E-state index is 12.3. The SMILES string of the molecule is O=C(OC1CCCCC1)c1ccc(Nc2ncnc3ncccc23)cc1. The first-order chi connectivity index (χ1) is 12.8. The van der Waals surface area contributed by atoms with Gasteiger partial charge in [-0.3, -0.25) is 0 Å². The van der Waals surface area contributed by atoms with Crippen molar-refractivity contribution in [2.45, 2.75) is 38.2 Å². The summed E-state index contributed by atoms with van der Waals surface area (Å²) in [4.78, 5) is 24.9. The number of benzene rings is 1. The zero-order chi connectivity index (χ0) is 17.8. The first kappa shape index (κ1) is 16.4. The van der Waals surface area contributed by atoms with E-state index in [1.54, 1.807) is 18.3 Å². The number of rotatable bonds is 4. The molecule has 1 aromatic carbocycles. The minimum Gasteiger partial charge on any atom is -0.459 e. The number of carbonyl (C=O) groups excluding carboxylic acids is 1. The second-order valence-corrected chi connectivity index (χ2v) is 6.46. The van der Waals surface area contributed by atoms with E-state index in [2.05, 4.69) is 20.3 Å². The van der Waals surface area contributed by atoms with Crippen LogP contribution in [-0.4, -0.2) is 27.0 Å². The Balaban J connectivity index is 1.46. The highest BCUT2D eigenvalue weighted by Gasteiger charge is 2.18. The third-order valence-electron chi connectivity index (χ3n) is 4.62. The van der Waals surface area contributed by atoms with Crippen LogP contribution in [0.1, 0.15) is 42.5 Å². The smallest absolute Gasteiger partial charge is 0.338 e. The Morgan fingerprint density at radius 2 is 1.81 bits per heavy atom. The fourth-order valence-corrected chi connectivity index (χ4v) is 3.22. The summed E-state index contributed by atoms with van der Waals surface area (Å²) >= 11 is 0. The van der Waals surface area contributed by atoms with Crippen LogP contribution < -0.4 is 5.32 Å². The molecule has 0 saturated heterocycles. The van der Waals surface area contributed by atoms with E-state index in [1.165, 1.54) is 12.7 Å². The molecule has 0 unspecified atom stereocenters. The summed E-state index contributed by atoms with van der Waals surface area (Å²) in [7, 11) is 0. The Labute approximate surface area is 151 Å². The molecule has 1 fully saturated rings. The summed E-state index contributed by atoms with van der Waals surface area (Å²) in [6.07, 6.45) is 8.71. The van der Waals surface area contributed by atoms with E-state index in [4.69, 9.17) is 4.74 Å². The minimum absolute atomic E-state index is 0.0638. The number of nitrogens with zero attached hydrogens (tertiary/aromatic N) is 3. The third-order valence-corrected chi connectivity index (χ3v) is 4.62. The molecule has 2 heterocycles. The Kier molecular flexibility index (Phi) is 4.73. The monoisotopic (exact) mass is 348 g/mol. The Hall–Kier alpha value is -3.02. The van der Waals surface area contributed by atoms with Crippen LogP contribution in [0.5, 0.6) is 0 Å². The van der Waals surface area contributed by atoms with Crippen molar-refractivity contribution in [1.82, 2.24) is 15.0 Å². The van der Waals surface area contributed by atoms with Crippen molar-refractivity contribution < 1.29 is 9.53 Å². The number of nitrogens with one attached hydrogen (secondary N) is 1. The van der Waals surface area contributed by atoms with E-state index in [0.29, 0.717) is 17.0 Å². The van der Waals surface area contributed by atoms with Crippen LogP contribution in [0.2, 0.25) is 0 Å². The lowest BCUT2D eigenvalue weighted by Crippen LogP contribution is -2.20. The van der Waals surface area contributed by atoms with Crippen molar-refractivity contribution >= 4 is 28.5 Å². The largest absolute Gasteiger partial charge is 0.459 e. The van der Waals surface area contributed by atoms with Crippen LogP contribution >= 0.6 is 0 Å². The van der Waals surface area contributed by atoms with Crippen LogP contribution in [0.15, 0.2) is 48.9 Å². The molecule has 1 saturated carbocycles. The molecule has 0 spiro atoms. The standard InChI is InChI=1S/C20H20N4O2/c25-20(26-16-5-2-1-3-6-16)14-8-10-15(11-9-14)24-19-17-7-4-12-21-18(17)22-13-23-19/h4,7-13,16H,1-3,5-6H2,(H,21,22,23,24). The Morgan fingerprint density at radius 3 is 2.62 bits per heavy atom. The van der Waals surface area contributed by atoms with Crippen LogP contribution in [0.25, 0.3) is 11.0 Å². The van der Waals surface area contributed by atoms with Gasteiger partial charge in [0.05, 0.1) is 10.9 Å². The number of hydrogen-bond donors (Lipinski definition) is 1. The normalized spacial score (nSPS) is 14.9. The summed E-state index contributed by atoms with van der Waals surface area (Å²) in [5, 5.41) is 4.09. The van der Waals surface area contributed by atoms with E-state index < -0.39 is 0 Å². The zero-order valence-electron chi connectivity index (χ0n) is 14.4. The molecule has 1 N–H and O–H groups in total. The van der Waals surface area contributed by atoms with Crippen molar-refractivity contribution in [2.24, 2.45) is 0 Å². The van der Waals surface area contributed by atoms with E-state index in [0.717, 1.165) is 36.8 Å². The summed E-state index contributed by atoms with van der Waals surface area (Å²) in [5.74, 6) is 0.431. The van der Waals surface area contributed by atoms with E-state index in [-0.39, 0.29) is 12.1 Å². The summed E-state index contributed by atoms with van der Waals surface area (Å²) in [6, 6.07) is 11.0. The molecule has 4 rings (SSSR count). The molecular weight excluding hydrogens is 328 g/mol. The van der Waals surface area contributed by atoms with E-state index in [1.807, 2.05) is 24.3 Å².